The molecule has 0 spiro atoms. The van der Waals surface area contributed by atoms with Crippen molar-refractivity contribution in [3.05, 3.63) is 57.6 Å². The van der Waals surface area contributed by atoms with Crippen molar-refractivity contribution in [2.45, 2.75) is 25.8 Å². The highest BCUT2D eigenvalue weighted by atomic mass is 35.5. The number of hydrogen-bond acceptors (Lipinski definition) is 3. The van der Waals surface area contributed by atoms with Gasteiger partial charge in [-0.1, -0.05) is 29.3 Å². The molecule has 1 atom stereocenters. The lowest BCUT2D eigenvalue weighted by Gasteiger charge is -2.07. The Morgan fingerprint density at radius 1 is 1.21 bits per heavy atom. The Morgan fingerprint density at radius 2 is 2.00 bits per heavy atom. The molecule has 0 saturated heterocycles. The van der Waals surface area contributed by atoms with Crippen LogP contribution in [0.15, 0.2) is 30.5 Å². The summed E-state index contributed by atoms with van der Waals surface area (Å²) in [5.74, 6) is 0.761. The second-order valence-electron chi connectivity index (χ2n) is 4.57. The van der Waals surface area contributed by atoms with Crippen LogP contribution >= 0.6 is 23.2 Å². The van der Waals surface area contributed by atoms with Crippen LogP contribution in [0.4, 0.5) is 0 Å². The molecule has 2 aromatic rings. The fourth-order valence-electron chi connectivity index (χ4n) is 1.80. The Bertz CT molecular complexity index is 570. The normalized spacial score (nSPS) is 12.4. The standard InChI is InChI=1S/C14H15Cl2N3/c1-9(17)6-11-4-5-18-14(19-11)8-10-2-3-12(15)13(16)7-10/h2-5,7,9H,6,8,17H2,1H3. The summed E-state index contributed by atoms with van der Waals surface area (Å²) in [6.07, 6.45) is 3.14. The van der Waals surface area contributed by atoms with Crippen LogP contribution in [-0.4, -0.2) is 16.0 Å². The maximum atomic E-state index is 5.99. The first kappa shape index (κ1) is 14.3. The van der Waals surface area contributed by atoms with Gasteiger partial charge in [-0.25, -0.2) is 9.97 Å². The number of aromatic nitrogens is 2. The minimum Gasteiger partial charge on any atom is -0.328 e. The lowest BCUT2D eigenvalue weighted by Crippen LogP contribution is -2.19. The molecule has 0 saturated carbocycles. The van der Waals surface area contributed by atoms with Crippen LogP contribution in [-0.2, 0) is 12.8 Å². The summed E-state index contributed by atoms with van der Waals surface area (Å²) >= 11 is 11.9. The highest BCUT2D eigenvalue weighted by Gasteiger charge is 2.05. The predicted molar refractivity (Wildman–Crippen MR) is 78.7 cm³/mol. The van der Waals surface area contributed by atoms with Gasteiger partial charge in [0.25, 0.3) is 0 Å². The quantitative estimate of drug-likeness (QED) is 0.942. The molecular formula is C14H15Cl2N3. The van der Waals surface area contributed by atoms with Gasteiger partial charge in [0.05, 0.1) is 10.0 Å². The lowest BCUT2D eigenvalue weighted by molar-refractivity contribution is 0.713. The van der Waals surface area contributed by atoms with Crippen LogP contribution in [0.2, 0.25) is 10.0 Å². The van der Waals surface area contributed by atoms with Crippen LogP contribution in [0, 0.1) is 0 Å². The Labute approximate surface area is 122 Å². The van der Waals surface area contributed by atoms with Crippen molar-refractivity contribution in [1.29, 1.82) is 0 Å². The fourth-order valence-corrected chi connectivity index (χ4v) is 2.12. The number of rotatable bonds is 4. The summed E-state index contributed by atoms with van der Waals surface area (Å²) in [5, 5.41) is 1.10. The molecule has 2 N–H and O–H groups in total. The van der Waals surface area contributed by atoms with E-state index in [9.17, 15) is 0 Å². The predicted octanol–water partition coefficient (Wildman–Crippen LogP) is 3.26. The van der Waals surface area contributed by atoms with E-state index in [4.69, 9.17) is 28.9 Å². The molecule has 1 heterocycles. The third-order valence-electron chi connectivity index (χ3n) is 2.64. The summed E-state index contributed by atoms with van der Waals surface area (Å²) in [6.45, 7) is 1.96. The van der Waals surface area contributed by atoms with Gasteiger partial charge in [-0.3, -0.25) is 0 Å². The van der Waals surface area contributed by atoms with Gasteiger partial charge in [0, 0.05) is 30.8 Å². The Morgan fingerprint density at radius 3 is 2.68 bits per heavy atom. The number of benzene rings is 1. The van der Waals surface area contributed by atoms with E-state index in [0.29, 0.717) is 16.5 Å². The summed E-state index contributed by atoms with van der Waals surface area (Å²) < 4.78 is 0. The van der Waals surface area contributed by atoms with Gasteiger partial charge in [0.1, 0.15) is 5.82 Å². The third-order valence-corrected chi connectivity index (χ3v) is 3.38. The molecule has 5 heteroatoms. The molecule has 100 valence electrons. The molecular weight excluding hydrogens is 281 g/mol. The average molecular weight is 296 g/mol. The van der Waals surface area contributed by atoms with Crippen LogP contribution in [0.25, 0.3) is 0 Å². The number of nitrogens with two attached hydrogens (primary N) is 1. The zero-order valence-corrected chi connectivity index (χ0v) is 12.1. The van der Waals surface area contributed by atoms with Gasteiger partial charge in [-0.05, 0) is 30.7 Å². The molecule has 0 bridgehead atoms. The monoisotopic (exact) mass is 295 g/mol. The van der Waals surface area contributed by atoms with Crippen LogP contribution in [0.5, 0.6) is 0 Å². The number of halogens is 2. The molecule has 19 heavy (non-hydrogen) atoms. The van der Waals surface area contributed by atoms with Crippen LogP contribution in [0.1, 0.15) is 24.0 Å². The molecule has 0 radical (unpaired) electrons. The van der Waals surface area contributed by atoms with E-state index in [1.54, 1.807) is 12.3 Å². The molecule has 1 aromatic carbocycles. The van der Waals surface area contributed by atoms with Gasteiger partial charge in [-0.2, -0.15) is 0 Å². The van der Waals surface area contributed by atoms with Gasteiger partial charge in [0.2, 0.25) is 0 Å². The zero-order chi connectivity index (χ0) is 13.8. The second kappa shape index (κ2) is 6.33. The molecule has 1 unspecified atom stereocenters. The van der Waals surface area contributed by atoms with Crippen LogP contribution < -0.4 is 5.73 Å². The van der Waals surface area contributed by atoms with E-state index < -0.39 is 0 Å². The van der Waals surface area contributed by atoms with Gasteiger partial charge >= 0.3 is 0 Å². The zero-order valence-electron chi connectivity index (χ0n) is 10.6. The molecule has 3 nitrogen and oxygen atoms in total. The number of nitrogens with zero attached hydrogens (tertiary/aromatic N) is 2. The first-order chi connectivity index (χ1) is 9.04. The molecule has 0 fully saturated rings. The summed E-state index contributed by atoms with van der Waals surface area (Å²) in [5.41, 5.74) is 7.76. The van der Waals surface area contributed by atoms with Gasteiger partial charge in [0.15, 0.2) is 0 Å². The van der Waals surface area contributed by atoms with Crippen molar-refractivity contribution in [3.8, 4) is 0 Å². The average Bonchev–Trinajstić information content (AvgIpc) is 2.33. The summed E-state index contributed by atoms with van der Waals surface area (Å²) in [7, 11) is 0. The van der Waals surface area contributed by atoms with Crippen molar-refractivity contribution >= 4 is 23.2 Å². The lowest BCUT2D eigenvalue weighted by atomic mass is 10.1. The van der Waals surface area contributed by atoms with Crippen molar-refractivity contribution in [2.75, 3.05) is 0 Å². The minimum absolute atomic E-state index is 0.0905. The first-order valence-corrected chi connectivity index (χ1v) is 6.80. The second-order valence-corrected chi connectivity index (χ2v) is 5.39. The highest BCUT2D eigenvalue weighted by molar-refractivity contribution is 6.42. The van der Waals surface area contributed by atoms with Crippen LogP contribution in [0.3, 0.4) is 0 Å². The Balaban J connectivity index is 2.16. The highest BCUT2D eigenvalue weighted by Crippen LogP contribution is 2.23. The minimum atomic E-state index is 0.0905. The van der Waals surface area contributed by atoms with E-state index >= 15 is 0 Å². The van der Waals surface area contributed by atoms with Crippen molar-refractivity contribution in [1.82, 2.24) is 9.97 Å². The van der Waals surface area contributed by atoms with Crippen molar-refractivity contribution in [2.24, 2.45) is 5.73 Å². The Hall–Kier alpha value is -1.16. The molecule has 0 amide bonds. The van der Waals surface area contributed by atoms with E-state index in [-0.39, 0.29) is 6.04 Å². The van der Waals surface area contributed by atoms with E-state index in [2.05, 4.69) is 9.97 Å². The van der Waals surface area contributed by atoms with Crippen molar-refractivity contribution < 1.29 is 0 Å². The molecule has 2 rings (SSSR count). The van der Waals surface area contributed by atoms with E-state index in [0.717, 1.165) is 23.5 Å². The first-order valence-electron chi connectivity index (χ1n) is 6.05. The topological polar surface area (TPSA) is 51.8 Å². The SMILES string of the molecule is CC(N)Cc1ccnc(Cc2ccc(Cl)c(Cl)c2)n1. The van der Waals surface area contributed by atoms with Crippen molar-refractivity contribution in [3.63, 3.8) is 0 Å². The number of hydrogen-bond donors (Lipinski definition) is 1. The Kier molecular flexibility index (Phi) is 4.75. The third kappa shape index (κ3) is 4.16. The van der Waals surface area contributed by atoms with E-state index in [1.807, 2.05) is 25.1 Å². The summed E-state index contributed by atoms with van der Waals surface area (Å²) in [4.78, 5) is 8.76. The smallest absolute Gasteiger partial charge is 0.132 e. The molecule has 0 aliphatic rings. The maximum Gasteiger partial charge on any atom is 0.132 e. The molecule has 1 aromatic heterocycles. The maximum absolute atomic E-state index is 5.99. The molecule has 0 aliphatic carbocycles. The largest absolute Gasteiger partial charge is 0.328 e. The molecule has 0 aliphatic heterocycles. The van der Waals surface area contributed by atoms with Gasteiger partial charge in [-0.15, -0.1) is 0 Å². The van der Waals surface area contributed by atoms with Gasteiger partial charge < -0.3 is 5.73 Å². The fraction of sp³-hybridized carbons (Fsp3) is 0.286. The van der Waals surface area contributed by atoms with E-state index in [1.165, 1.54) is 0 Å². The summed E-state index contributed by atoms with van der Waals surface area (Å²) in [6, 6.07) is 7.53.